The lowest BCUT2D eigenvalue weighted by Gasteiger charge is -2.48. The van der Waals surface area contributed by atoms with Crippen LogP contribution in [-0.2, 0) is 11.3 Å². The zero-order chi connectivity index (χ0) is 20.7. The Labute approximate surface area is 178 Å². The molecule has 3 heterocycles. The van der Waals surface area contributed by atoms with Crippen LogP contribution in [0.2, 0.25) is 0 Å². The molecular weight excluding hydrogens is 378 g/mol. The van der Waals surface area contributed by atoms with Crippen molar-refractivity contribution < 1.29 is 4.74 Å². The Balaban J connectivity index is 1.35. The molecule has 1 saturated carbocycles. The maximum atomic E-state index is 5.60. The normalized spacial score (nSPS) is 20.1. The molecule has 0 spiro atoms. The summed E-state index contributed by atoms with van der Waals surface area (Å²) in [6.07, 6.45) is 11.9. The number of aromatic nitrogens is 3. The SMILES string of the molecule is CN=C(NCc1ccnc(-n2cccn2)c1)NCC1(N2CCOCC2)CCCCC1. The summed E-state index contributed by atoms with van der Waals surface area (Å²) < 4.78 is 7.37. The summed E-state index contributed by atoms with van der Waals surface area (Å²) in [5.74, 6) is 1.65. The van der Waals surface area contributed by atoms with Gasteiger partial charge in [0.25, 0.3) is 0 Å². The van der Waals surface area contributed by atoms with E-state index in [1.54, 1.807) is 10.9 Å². The van der Waals surface area contributed by atoms with Crippen LogP contribution in [-0.4, -0.2) is 71.1 Å². The molecule has 2 aromatic heterocycles. The van der Waals surface area contributed by atoms with Crippen molar-refractivity contribution in [3.63, 3.8) is 0 Å². The quantitative estimate of drug-likeness (QED) is 0.559. The molecule has 1 saturated heterocycles. The third-order valence-electron chi connectivity index (χ3n) is 6.28. The van der Waals surface area contributed by atoms with Crippen molar-refractivity contribution in [2.45, 2.75) is 44.2 Å². The van der Waals surface area contributed by atoms with Crippen LogP contribution in [0.1, 0.15) is 37.7 Å². The van der Waals surface area contributed by atoms with E-state index in [4.69, 9.17) is 4.74 Å². The zero-order valence-corrected chi connectivity index (χ0v) is 17.9. The van der Waals surface area contributed by atoms with Crippen molar-refractivity contribution in [1.29, 1.82) is 0 Å². The predicted molar refractivity (Wildman–Crippen MR) is 118 cm³/mol. The monoisotopic (exact) mass is 411 g/mol. The molecule has 0 atom stereocenters. The standard InChI is InChI=1S/C22H33N7O/c1-23-21(25-17-19-6-10-24-20(16-19)29-11-5-9-27-29)26-18-22(7-3-2-4-8-22)28-12-14-30-15-13-28/h5-6,9-11,16H,2-4,7-8,12-15,17-18H2,1H3,(H2,23,25,26). The molecule has 1 aliphatic carbocycles. The molecule has 0 unspecified atom stereocenters. The average molecular weight is 412 g/mol. The van der Waals surface area contributed by atoms with E-state index in [-0.39, 0.29) is 5.54 Å². The van der Waals surface area contributed by atoms with Gasteiger partial charge in [0.15, 0.2) is 11.8 Å². The Morgan fingerprint density at radius 3 is 2.73 bits per heavy atom. The van der Waals surface area contributed by atoms with E-state index >= 15 is 0 Å². The van der Waals surface area contributed by atoms with Crippen LogP contribution in [0.3, 0.4) is 0 Å². The van der Waals surface area contributed by atoms with Gasteiger partial charge in [-0.2, -0.15) is 5.10 Å². The third kappa shape index (κ3) is 4.99. The molecular formula is C22H33N7O. The number of aliphatic imine (C=N–C) groups is 1. The van der Waals surface area contributed by atoms with E-state index in [1.165, 1.54) is 32.1 Å². The van der Waals surface area contributed by atoms with Gasteiger partial charge in [-0.15, -0.1) is 0 Å². The lowest BCUT2D eigenvalue weighted by molar-refractivity contribution is -0.0352. The van der Waals surface area contributed by atoms with E-state index in [2.05, 4.69) is 30.6 Å². The van der Waals surface area contributed by atoms with Crippen LogP contribution in [0, 0.1) is 0 Å². The lowest BCUT2D eigenvalue weighted by atomic mass is 9.80. The first-order chi connectivity index (χ1) is 14.8. The van der Waals surface area contributed by atoms with Crippen molar-refractivity contribution in [3.8, 4) is 5.82 Å². The third-order valence-corrected chi connectivity index (χ3v) is 6.28. The van der Waals surface area contributed by atoms with E-state index in [1.807, 2.05) is 37.6 Å². The molecule has 30 heavy (non-hydrogen) atoms. The Hall–Kier alpha value is -2.45. The van der Waals surface area contributed by atoms with Gasteiger partial charge in [-0.25, -0.2) is 9.67 Å². The van der Waals surface area contributed by atoms with Crippen molar-refractivity contribution in [2.75, 3.05) is 39.9 Å². The van der Waals surface area contributed by atoms with Gasteiger partial charge in [0, 0.05) is 57.4 Å². The number of pyridine rings is 1. The molecule has 0 aromatic carbocycles. The molecule has 2 N–H and O–H groups in total. The second kappa shape index (κ2) is 10.0. The zero-order valence-electron chi connectivity index (χ0n) is 17.9. The number of morpholine rings is 1. The molecule has 162 valence electrons. The molecule has 1 aliphatic heterocycles. The van der Waals surface area contributed by atoms with Crippen LogP contribution in [0.15, 0.2) is 41.8 Å². The van der Waals surface area contributed by atoms with E-state index < -0.39 is 0 Å². The maximum absolute atomic E-state index is 5.60. The highest BCUT2D eigenvalue weighted by molar-refractivity contribution is 5.79. The summed E-state index contributed by atoms with van der Waals surface area (Å²) in [5, 5.41) is 11.3. The molecule has 0 bridgehead atoms. The van der Waals surface area contributed by atoms with Crippen LogP contribution in [0.4, 0.5) is 0 Å². The number of nitrogens with zero attached hydrogens (tertiary/aromatic N) is 5. The molecule has 2 aromatic rings. The van der Waals surface area contributed by atoms with Crippen molar-refractivity contribution >= 4 is 5.96 Å². The first-order valence-corrected chi connectivity index (χ1v) is 11.0. The van der Waals surface area contributed by atoms with Gasteiger partial charge in [-0.3, -0.25) is 9.89 Å². The highest BCUT2D eigenvalue weighted by Gasteiger charge is 2.38. The van der Waals surface area contributed by atoms with Gasteiger partial charge >= 0.3 is 0 Å². The largest absolute Gasteiger partial charge is 0.379 e. The van der Waals surface area contributed by atoms with Gasteiger partial charge in [-0.05, 0) is 36.6 Å². The van der Waals surface area contributed by atoms with Crippen LogP contribution in [0.5, 0.6) is 0 Å². The summed E-state index contributed by atoms with van der Waals surface area (Å²) >= 11 is 0. The fourth-order valence-electron chi connectivity index (χ4n) is 4.61. The van der Waals surface area contributed by atoms with Crippen LogP contribution < -0.4 is 10.6 Å². The highest BCUT2D eigenvalue weighted by Crippen LogP contribution is 2.33. The average Bonchev–Trinajstić information content (AvgIpc) is 3.36. The molecule has 8 nitrogen and oxygen atoms in total. The minimum absolute atomic E-state index is 0.212. The molecule has 4 rings (SSSR count). The number of rotatable bonds is 6. The van der Waals surface area contributed by atoms with E-state index in [0.29, 0.717) is 6.54 Å². The number of ether oxygens (including phenoxy) is 1. The first kappa shape index (κ1) is 20.8. The first-order valence-electron chi connectivity index (χ1n) is 11.0. The summed E-state index contributed by atoms with van der Waals surface area (Å²) in [4.78, 5) is 11.5. The maximum Gasteiger partial charge on any atom is 0.191 e. The fraction of sp³-hybridized carbons (Fsp3) is 0.591. The number of guanidine groups is 1. The summed E-state index contributed by atoms with van der Waals surface area (Å²) in [7, 11) is 1.83. The summed E-state index contributed by atoms with van der Waals surface area (Å²) in [6, 6.07) is 5.96. The van der Waals surface area contributed by atoms with Crippen LogP contribution in [0.25, 0.3) is 5.82 Å². The molecule has 2 aliphatic rings. The number of hydrogen-bond acceptors (Lipinski definition) is 5. The highest BCUT2D eigenvalue weighted by atomic mass is 16.5. The second-order valence-corrected chi connectivity index (χ2v) is 8.14. The summed E-state index contributed by atoms with van der Waals surface area (Å²) in [5.41, 5.74) is 1.35. The molecule has 8 heteroatoms. The number of nitrogens with one attached hydrogen (secondary N) is 2. The van der Waals surface area contributed by atoms with Gasteiger partial charge in [0.2, 0.25) is 0 Å². The predicted octanol–water partition coefficient (Wildman–Crippen LogP) is 1.97. The minimum atomic E-state index is 0.212. The Kier molecular flexibility index (Phi) is 6.96. The van der Waals surface area contributed by atoms with Gasteiger partial charge in [-0.1, -0.05) is 19.3 Å². The van der Waals surface area contributed by atoms with E-state index in [9.17, 15) is 0 Å². The van der Waals surface area contributed by atoms with Crippen LogP contribution >= 0.6 is 0 Å². The number of hydrogen-bond donors (Lipinski definition) is 2. The van der Waals surface area contributed by atoms with Gasteiger partial charge in [0.05, 0.1) is 13.2 Å². The molecule has 0 radical (unpaired) electrons. The Morgan fingerprint density at radius 1 is 1.17 bits per heavy atom. The van der Waals surface area contributed by atoms with E-state index in [0.717, 1.165) is 50.2 Å². The minimum Gasteiger partial charge on any atom is -0.379 e. The van der Waals surface area contributed by atoms with Crippen molar-refractivity contribution in [2.24, 2.45) is 4.99 Å². The van der Waals surface area contributed by atoms with Crippen molar-refractivity contribution in [1.82, 2.24) is 30.3 Å². The smallest absolute Gasteiger partial charge is 0.191 e. The molecule has 0 amide bonds. The lowest BCUT2D eigenvalue weighted by Crippen LogP contribution is -2.60. The summed E-state index contributed by atoms with van der Waals surface area (Å²) in [6.45, 7) is 5.34. The fourth-order valence-corrected chi connectivity index (χ4v) is 4.61. The molecule has 2 fully saturated rings. The Morgan fingerprint density at radius 2 is 2.00 bits per heavy atom. The second-order valence-electron chi connectivity index (χ2n) is 8.14. The van der Waals surface area contributed by atoms with Gasteiger partial charge < -0.3 is 15.4 Å². The topological polar surface area (TPSA) is 79.6 Å². The van der Waals surface area contributed by atoms with Crippen molar-refractivity contribution in [3.05, 3.63) is 42.4 Å². The Bertz CT molecular complexity index is 809. The van der Waals surface area contributed by atoms with Gasteiger partial charge in [0.1, 0.15) is 0 Å².